The lowest BCUT2D eigenvalue weighted by molar-refractivity contribution is 0.218. The monoisotopic (exact) mass is 774 g/mol. The zero-order valence-corrected chi connectivity index (χ0v) is 32.6. The van der Waals surface area contributed by atoms with E-state index in [0.29, 0.717) is 5.66 Å². The molecule has 0 bridgehead atoms. The van der Waals surface area contributed by atoms with Gasteiger partial charge in [-0.25, -0.2) is 22.3 Å². The van der Waals surface area contributed by atoms with Gasteiger partial charge < -0.3 is 48.6 Å². The summed E-state index contributed by atoms with van der Waals surface area (Å²) in [4.78, 5) is 77.1. The van der Waals surface area contributed by atoms with E-state index in [1.807, 2.05) is 27.2 Å². The zero-order chi connectivity index (χ0) is 36.7. The molecule has 0 saturated carbocycles. The number of hydrogen-bond donors (Lipinski definition) is 9. The Morgan fingerprint density at radius 3 is 0.791 bits per heavy atom. The molecule has 43 heavy (non-hydrogen) atoms. The van der Waals surface area contributed by atoms with Crippen molar-refractivity contribution in [2.75, 3.05) is 13.3 Å². The molecule has 0 radical (unpaired) electrons. The first-order chi connectivity index (χ1) is 17.8. The zero-order valence-electron chi connectivity index (χ0n) is 26.3. The molecule has 0 saturated heterocycles. The van der Waals surface area contributed by atoms with Gasteiger partial charge in [-0.05, 0) is 75.6 Å². The van der Waals surface area contributed by atoms with Gasteiger partial charge in [-0.15, -0.1) is 0 Å². The molecule has 3 unspecified atom stereocenters. The smallest absolute Gasteiger partial charge is 0.324 e. The fraction of sp³-hybridized carbons (Fsp3) is 1.00. The molecule has 0 spiro atoms. The molecule has 0 aromatic heterocycles. The molecule has 9 N–H and O–H groups in total. The van der Waals surface area contributed by atoms with Crippen molar-refractivity contribution in [3.8, 4) is 0 Å². The maximum atomic E-state index is 11.4. The van der Waals surface area contributed by atoms with Crippen LogP contribution in [0.25, 0.3) is 0 Å². The summed E-state index contributed by atoms with van der Waals surface area (Å²) in [5.41, 5.74) is 0.354. The summed E-state index contributed by atoms with van der Waals surface area (Å²) in [7, 11) is -29.9. The molecular formula is C17H49O19P7. The summed E-state index contributed by atoms with van der Waals surface area (Å²) >= 11 is 0. The number of hydrogen-bond acceptors (Lipinski definition) is 10. The Balaban J connectivity index is -0.000000249. The summed E-state index contributed by atoms with van der Waals surface area (Å²) in [6.07, 6.45) is 0. The van der Waals surface area contributed by atoms with Gasteiger partial charge in [-0.1, -0.05) is 13.8 Å². The van der Waals surface area contributed by atoms with Crippen LogP contribution in [0.1, 0.15) is 76.2 Å². The van der Waals surface area contributed by atoms with E-state index in [-0.39, 0.29) is 0 Å². The molecule has 0 aliphatic carbocycles. The Morgan fingerprint density at radius 1 is 0.465 bits per heavy atom. The molecule has 3 atom stereocenters. The molecule has 0 amide bonds. The quantitative estimate of drug-likeness (QED) is 0.149. The first kappa shape index (κ1) is 51.0. The van der Waals surface area contributed by atoms with Gasteiger partial charge in [-0.3, -0.25) is 13.7 Å². The topological polar surface area (TPSA) is 329 Å². The molecule has 0 aliphatic rings. The highest BCUT2D eigenvalue weighted by atomic mass is 31.3. The Bertz CT molecular complexity index is 1200. The summed E-state index contributed by atoms with van der Waals surface area (Å²) in [5.74, 6) is 0. The highest BCUT2D eigenvalue weighted by Crippen LogP contribution is 2.70. The molecule has 0 aliphatic heterocycles. The van der Waals surface area contributed by atoms with Gasteiger partial charge in [0, 0.05) is 5.66 Å². The Hall–Kier alpha value is 1.13. The highest BCUT2D eigenvalue weighted by Gasteiger charge is 2.46. The van der Waals surface area contributed by atoms with Gasteiger partial charge in [0.05, 0.1) is 22.6 Å². The maximum absolute atomic E-state index is 11.4. The van der Waals surface area contributed by atoms with Crippen LogP contribution in [0.15, 0.2) is 0 Å². The van der Waals surface area contributed by atoms with Crippen molar-refractivity contribution in [3.05, 3.63) is 0 Å². The predicted octanol–water partition coefficient (Wildman–Crippen LogP) is 5.26. The van der Waals surface area contributed by atoms with E-state index in [9.17, 15) is 36.8 Å². The van der Waals surface area contributed by atoms with Crippen molar-refractivity contribution < 1.29 is 88.9 Å². The van der Waals surface area contributed by atoms with Crippen molar-refractivity contribution in [2.45, 2.75) is 97.3 Å². The predicted molar refractivity (Wildman–Crippen MR) is 163 cm³/mol. The Labute approximate surface area is 252 Å². The van der Waals surface area contributed by atoms with Crippen LogP contribution in [0.3, 0.4) is 0 Å². The Morgan fingerprint density at radius 2 is 0.674 bits per heavy atom. The van der Waals surface area contributed by atoms with Crippen LogP contribution in [0.2, 0.25) is 0 Å². The minimum absolute atomic E-state index is 0.354. The van der Waals surface area contributed by atoms with E-state index >= 15 is 0 Å². The van der Waals surface area contributed by atoms with Crippen molar-refractivity contribution >= 4 is 53.4 Å². The molecule has 0 rings (SSSR count). The van der Waals surface area contributed by atoms with E-state index in [1.165, 1.54) is 62.3 Å². The second-order valence-electron chi connectivity index (χ2n) is 12.3. The van der Waals surface area contributed by atoms with Gasteiger partial charge >= 0.3 is 46.3 Å². The third-order valence-corrected chi connectivity index (χ3v) is 17.2. The summed E-state index contributed by atoms with van der Waals surface area (Å²) < 4.78 is 86.3. The first-order valence-electron chi connectivity index (χ1n) is 11.7. The van der Waals surface area contributed by atoms with Gasteiger partial charge in [-0.2, -0.15) is 4.31 Å². The van der Waals surface area contributed by atoms with Crippen LogP contribution in [0, 0.1) is 0 Å². The van der Waals surface area contributed by atoms with Crippen LogP contribution in [-0.4, -0.2) is 78.5 Å². The number of rotatable bonds is 7. The van der Waals surface area contributed by atoms with Crippen molar-refractivity contribution in [3.63, 3.8) is 0 Å². The van der Waals surface area contributed by atoms with Gasteiger partial charge in [0.1, 0.15) is 0 Å². The van der Waals surface area contributed by atoms with Crippen LogP contribution < -0.4 is 0 Å². The molecular weight excluding hydrogens is 725 g/mol. The number of phosphoric acid groups is 3. The van der Waals surface area contributed by atoms with Crippen molar-refractivity contribution in [1.29, 1.82) is 0 Å². The summed E-state index contributed by atoms with van der Waals surface area (Å²) in [6, 6.07) is 0. The average molecular weight is 774 g/mol. The van der Waals surface area contributed by atoms with E-state index in [2.05, 4.69) is 12.9 Å². The molecule has 266 valence electrons. The molecule has 0 aromatic carbocycles. The van der Waals surface area contributed by atoms with Crippen LogP contribution in [0.5, 0.6) is 0 Å². The van der Waals surface area contributed by atoms with Crippen LogP contribution >= 0.6 is 53.4 Å². The third kappa shape index (κ3) is 26.8. The SMILES string of the molecule is CC(C)(C)P(=O)(O)O.CC(C)(C)P(=O)(O)OP(=O)(O)O.CC(C)(C)P(=O)(O)OP(=O)(O)OP(=O)(O)O.CC(C)P(C)(C)=O. The van der Waals surface area contributed by atoms with Gasteiger partial charge in [0.15, 0.2) is 0 Å². The lowest BCUT2D eigenvalue weighted by Gasteiger charge is -2.26. The average Bonchev–Trinajstić information content (AvgIpc) is 2.53. The third-order valence-electron chi connectivity index (χ3n) is 4.45. The Kier molecular flexibility index (Phi) is 20.1. The minimum atomic E-state index is -5.31. The molecule has 26 heteroatoms. The van der Waals surface area contributed by atoms with E-state index in [0.717, 1.165) is 0 Å². The van der Waals surface area contributed by atoms with Gasteiger partial charge in [0.25, 0.3) is 0 Å². The normalized spacial score (nSPS) is 17.8. The maximum Gasteiger partial charge on any atom is 0.488 e. The fourth-order valence-corrected chi connectivity index (χ4v) is 6.37. The van der Waals surface area contributed by atoms with E-state index < -0.39 is 68.9 Å². The molecule has 0 fully saturated rings. The highest BCUT2D eigenvalue weighted by molar-refractivity contribution is 7.68. The van der Waals surface area contributed by atoms with Crippen LogP contribution in [-0.2, 0) is 44.9 Å². The standard InChI is InChI=1S/C5H13OP.C4H13O9P3.C4H12O6P2.C4H11O3P/c1-5(2)7(3,4)6;1-4(2,3)14(5,6)12-16(10,11)13-15(7,8)9;1-4(2,3)11(5,6)10-12(7,8)9;1-4(2,3)8(5,6)7/h5H,1-4H3;1-3H3,(H,5,6)(H,10,11)(H2,7,8,9);1-3H3,(H,5,6)(H2,7,8,9);1-3H3,(H2,5,6,7). The van der Waals surface area contributed by atoms with Gasteiger partial charge in [0.2, 0.25) is 0 Å². The largest absolute Gasteiger partial charge is 0.488 e. The lowest BCUT2D eigenvalue weighted by Crippen LogP contribution is -2.15. The molecule has 19 nitrogen and oxygen atoms in total. The van der Waals surface area contributed by atoms with Crippen molar-refractivity contribution in [2.24, 2.45) is 0 Å². The lowest BCUT2D eigenvalue weighted by atomic mass is 10.3. The second kappa shape index (κ2) is 17.0. The minimum Gasteiger partial charge on any atom is -0.324 e. The summed E-state index contributed by atoms with van der Waals surface area (Å²) in [6.45, 7) is 19.9. The fourth-order valence-electron chi connectivity index (χ4n) is 0.678. The molecule has 0 heterocycles. The first-order valence-corrected chi connectivity index (χ1v) is 23.6. The molecule has 0 aromatic rings. The second-order valence-corrected chi connectivity index (χ2v) is 28.3. The van der Waals surface area contributed by atoms with E-state index in [4.69, 9.17) is 39.1 Å². The van der Waals surface area contributed by atoms with Crippen LogP contribution in [0.4, 0.5) is 0 Å². The van der Waals surface area contributed by atoms with E-state index in [1.54, 1.807) is 0 Å². The van der Waals surface area contributed by atoms with Crippen molar-refractivity contribution in [1.82, 2.24) is 0 Å². The summed E-state index contributed by atoms with van der Waals surface area (Å²) in [5, 5.41) is -3.50.